The second-order valence-electron chi connectivity index (χ2n) is 6.96. The van der Waals surface area contributed by atoms with E-state index in [2.05, 4.69) is 44.8 Å². The number of rotatable bonds is 11. The van der Waals surface area contributed by atoms with Gasteiger partial charge in [-0.3, -0.25) is 4.99 Å². The second kappa shape index (κ2) is 12.1. The Balaban J connectivity index is 1.83. The predicted octanol–water partition coefficient (Wildman–Crippen LogP) is 2.82. The second-order valence-corrected chi connectivity index (χ2v) is 6.96. The third-order valence-electron chi connectivity index (χ3n) is 4.21. The van der Waals surface area contributed by atoms with Gasteiger partial charge < -0.3 is 24.6 Å². The summed E-state index contributed by atoms with van der Waals surface area (Å²) < 4.78 is 16.5. The number of ether oxygens (including phenoxy) is 2. The van der Waals surface area contributed by atoms with E-state index in [0.29, 0.717) is 51.2 Å². The van der Waals surface area contributed by atoms with Gasteiger partial charge in [-0.2, -0.15) is 4.98 Å². The Bertz CT molecular complexity index is 773. The summed E-state index contributed by atoms with van der Waals surface area (Å²) in [7, 11) is 1.74. The highest BCUT2D eigenvalue weighted by molar-refractivity contribution is 5.79. The van der Waals surface area contributed by atoms with Gasteiger partial charge in [-0.05, 0) is 25.5 Å². The first-order valence-corrected chi connectivity index (χ1v) is 10.1. The van der Waals surface area contributed by atoms with E-state index in [1.165, 1.54) is 0 Å². The van der Waals surface area contributed by atoms with Crippen molar-refractivity contribution >= 4 is 5.96 Å². The van der Waals surface area contributed by atoms with Crippen LogP contribution in [0.5, 0.6) is 5.75 Å². The van der Waals surface area contributed by atoms with Crippen LogP contribution in [-0.4, -0.2) is 49.5 Å². The molecule has 0 fully saturated rings. The van der Waals surface area contributed by atoms with Crippen LogP contribution in [0.25, 0.3) is 0 Å². The molecule has 8 heteroatoms. The van der Waals surface area contributed by atoms with Gasteiger partial charge in [-0.25, -0.2) is 0 Å². The number of aromatic nitrogens is 2. The smallest absolute Gasteiger partial charge is 0.228 e. The van der Waals surface area contributed by atoms with Crippen LogP contribution in [0, 0.1) is 6.92 Å². The van der Waals surface area contributed by atoms with Gasteiger partial charge in [-0.1, -0.05) is 31.1 Å². The molecule has 0 amide bonds. The molecule has 1 aromatic carbocycles. The minimum Gasteiger partial charge on any atom is -0.491 e. The number of aliphatic imine (C=N–C) groups is 1. The fraction of sp³-hybridized carbons (Fsp3) is 0.571. The highest BCUT2D eigenvalue weighted by atomic mass is 16.5. The summed E-state index contributed by atoms with van der Waals surface area (Å²) in [5, 5.41) is 10.6. The Morgan fingerprint density at radius 2 is 2.07 bits per heavy atom. The Morgan fingerprint density at radius 1 is 1.24 bits per heavy atom. The molecule has 1 aromatic heterocycles. The lowest BCUT2D eigenvalue weighted by Gasteiger charge is -2.15. The SMILES string of the molecule is CCOCCOc1cc(C)ccc1CNC(=NC)NCCc1nc(C(C)C)no1. The molecule has 0 bridgehead atoms. The predicted molar refractivity (Wildman–Crippen MR) is 113 cm³/mol. The van der Waals surface area contributed by atoms with E-state index >= 15 is 0 Å². The molecule has 29 heavy (non-hydrogen) atoms. The van der Waals surface area contributed by atoms with Crippen LogP contribution in [-0.2, 0) is 17.7 Å². The number of benzene rings is 1. The lowest BCUT2D eigenvalue weighted by atomic mass is 10.1. The van der Waals surface area contributed by atoms with Gasteiger partial charge in [-0.15, -0.1) is 0 Å². The molecule has 0 saturated carbocycles. The van der Waals surface area contributed by atoms with Gasteiger partial charge in [0.05, 0.1) is 6.61 Å². The molecule has 160 valence electrons. The van der Waals surface area contributed by atoms with Crippen LogP contribution < -0.4 is 15.4 Å². The minimum absolute atomic E-state index is 0.259. The average Bonchev–Trinajstić information content (AvgIpc) is 3.18. The maximum atomic E-state index is 5.89. The standard InChI is InChI=1S/C21H33N5O3/c1-6-27-11-12-28-18-13-16(4)7-8-17(18)14-24-21(22-5)23-10-9-19-25-20(15(2)3)26-29-19/h7-8,13,15H,6,9-12,14H2,1-5H3,(H2,22,23,24). The largest absolute Gasteiger partial charge is 0.491 e. The topological polar surface area (TPSA) is 93.8 Å². The molecule has 0 atom stereocenters. The summed E-state index contributed by atoms with van der Waals surface area (Å²) in [5.74, 6) is 3.18. The molecule has 0 aliphatic heterocycles. The maximum Gasteiger partial charge on any atom is 0.228 e. The number of nitrogens with zero attached hydrogens (tertiary/aromatic N) is 3. The summed E-state index contributed by atoms with van der Waals surface area (Å²) in [6.45, 7) is 11.1. The molecular weight excluding hydrogens is 370 g/mol. The molecule has 0 aliphatic carbocycles. The zero-order chi connectivity index (χ0) is 21.1. The van der Waals surface area contributed by atoms with Gasteiger partial charge in [0.25, 0.3) is 0 Å². The lowest BCUT2D eigenvalue weighted by Crippen LogP contribution is -2.38. The van der Waals surface area contributed by atoms with Crippen molar-refractivity contribution in [3.63, 3.8) is 0 Å². The van der Waals surface area contributed by atoms with Gasteiger partial charge in [0.15, 0.2) is 11.8 Å². The quantitative estimate of drug-likeness (QED) is 0.338. The van der Waals surface area contributed by atoms with Gasteiger partial charge in [0, 0.05) is 44.6 Å². The Morgan fingerprint density at radius 3 is 2.76 bits per heavy atom. The first-order valence-electron chi connectivity index (χ1n) is 10.1. The molecule has 2 aromatic rings. The van der Waals surface area contributed by atoms with Crippen LogP contribution >= 0.6 is 0 Å². The van der Waals surface area contributed by atoms with Crippen molar-refractivity contribution in [3.8, 4) is 5.75 Å². The van der Waals surface area contributed by atoms with Gasteiger partial charge in [0.2, 0.25) is 5.89 Å². The summed E-state index contributed by atoms with van der Waals surface area (Å²) in [5.41, 5.74) is 2.22. The first kappa shape index (κ1) is 22.7. The van der Waals surface area contributed by atoms with Gasteiger partial charge >= 0.3 is 0 Å². The van der Waals surface area contributed by atoms with Crippen LogP contribution in [0.4, 0.5) is 0 Å². The van der Waals surface area contributed by atoms with Crippen molar-refractivity contribution in [1.29, 1.82) is 0 Å². The van der Waals surface area contributed by atoms with Crippen molar-refractivity contribution in [2.24, 2.45) is 4.99 Å². The maximum absolute atomic E-state index is 5.89. The molecule has 0 unspecified atom stereocenters. The number of hydrogen-bond acceptors (Lipinski definition) is 6. The number of hydrogen-bond donors (Lipinski definition) is 2. The molecule has 0 spiro atoms. The molecule has 2 N–H and O–H groups in total. The van der Waals surface area contributed by atoms with Crippen molar-refractivity contribution < 1.29 is 14.0 Å². The Kier molecular flexibility index (Phi) is 9.43. The van der Waals surface area contributed by atoms with Crippen molar-refractivity contribution in [1.82, 2.24) is 20.8 Å². The van der Waals surface area contributed by atoms with E-state index in [4.69, 9.17) is 14.0 Å². The summed E-state index contributed by atoms with van der Waals surface area (Å²) in [6, 6.07) is 6.18. The van der Waals surface area contributed by atoms with Crippen molar-refractivity contribution in [3.05, 3.63) is 41.0 Å². The van der Waals surface area contributed by atoms with Crippen molar-refractivity contribution in [2.45, 2.75) is 46.6 Å². The van der Waals surface area contributed by atoms with E-state index < -0.39 is 0 Å². The number of aryl methyl sites for hydroxylation is 1. The zero-order valence-corrected chi connectivity index (χ0v) is 18.1. The third kappa shape index (κ3) is 7.73. The van der Waals surface area contributed by atoms with Crippen LogP contribution in [0.3, 0.4) is 0 Å². The van der Waals surface area contributed by atoms with Gasteiger partial charge in [0.1, 0.15) is 12.4 Å². The van der Waals surface area contributed by atoms with Crippen LogP contribution in [0.2, 0.25) is 0 Å². The van der Waals surface area contributed by atoms with E-state index in [1.54, 1.807) is 7.05 Å². The molecule has 0 radical (unpaired) electrons. The highest BCUT2D eigenvalue weighted by Crippen LogP contribution is 2.20. The van der Waals surface area contributed by atoms with E-state index in [-0.39, 0.29) is 5.92 Å². The van der Waals surface area contributed by atoms with E-state index in [0.717, 1.165) is 22.7 Å². The minimum atomic E-state index is 0.259. The summed E-state index contributed by atoms with van der Waals surface area (Å²) in [6.07, 6.45) is 0.636. The Labute approximate surface area is 173 Å². The number of nitrogens with one attached hydrogen (secondary N) is 2. The van der Waals surface area contributed by atoms with Crippen LogP contribution in [0.15, 0.2) is 27.7 Å². The van der Waals surface area contributed by atoms with Crippen LogP contribution in [0.1, 0.15) is 49.5 Å². The molecule has 0 saturated heterocycles. The van der Waals surface area contributed by atoms with E-state index in [9.17, 15) is 0 Å². The monoisotopic (exact) mass is 403 g/mol. The third-order valence-corrected chi connectivity index (χ3v) is 4.21. The average molecular weight is 404 g/mol. The Hall–Kier alpha value is -2.61. The lowest BCUT2D eigenvalue weighted by molar-refractivity contribution is 0.110. The first-order chi connectivity index (χ1) is 14.0. The van der Waals surface area contributed by atoms with E-state index in [1.807, 2.05) is 26.8 Å². The molecule has 1 heterocycles. The molecular formula is C21H33N5O3. The van der Waals surface area contributed by atoms with Crippen molar-refractivity contribution in [2.75, 3.05) is 33.4 Å². The fourth-order valence-electron chi connectivity index (χ4n) is 2.59. The summed E-state index contributed by atoms with van der Waals surface area (Å²) in [4.78, 5) is 8.65. The number of guanidine groups is 1. The highest BCUT2D eigenvalue weighted by Gasteiger charge is 2.10. The zero-order valence-electron chi connectivity index (χ0n) is 18.1. The molecule has 8 nitrogen and oxygen atoms in total. The molecule has 0 aliphatic rings. The normalized spacial score (nSPS) is 11.7. The summed E-state index contributed by atoms with van der Waals surface area (Å²) >= 11 is 0. The molecule has 2 rings (SSSR count). The fourth-order valence-corrected chi connectivity index (χ4v) is 2.59.